The number of fused-ring (bicyclic) bond motifs is 1. The Labute approximate surface area is 177 Å². The highest BCUT2D eigenvalue weighted by atomic mass is 79.9. The van der Waals surface area contributed by atoms with Gasteiger partial charge in [-0.15, -0.1) is 0 Å². The van der Waals surface area contributed by atoms with E-state index in [2.05, 4.69) is 27.8 Å². The molecule has 1 aromatic heterocycles. The van der Waals surface area contributed by atoms with Crippen molar-refractivity contribution in [3.8, 4) is 0 Å². The van der Waals surface area contributed by atoms with Crippen LogP contribution in [0.25, 0.3) is 10.9 Å². The summed E-state index contributed by atoms with van der Waals surface area (Å²) in [5.41, 5.74) is 0.560. The van der Waals surface area contributed by atoms with E-state index in [1.54, 1.807) is 15.7 Å². The molecule has 7 nitrogen and oxygen atoms in total. The monoisotopic (exact) mass is 461 g/mol. The lowest BCUT2D eigenvalue weighted by Crippen LogP contribution is -2.61. The van der Waals surface area contributed by atoms with Gasteiger partial charge in [-0.3, -0.25) is 9.59 Å². The van der Waals surface area contributed by atoms with Crippen LogP contribution in [0.1, 0.15) is 31.1 Å². The third kappa shape index (κ3) is 4.87. The van der Waals surface area contributed by atoms with Crippen LogP contribution in [0.15, 0.2) is 41.5 Å². The number of aromatic nitrogens is 1. The van der Waals surface area contributed by atoms with Gasteiger partial charge in [0.15, 0.2) is 0 Å². The number of hydrogen-bond acceptors (Lipinski definition) is 4. The number of likely N-dealkylation sites (tertiary alicyclic amines) is 1. The highest BCUT2D eigenvalue weighted by Crippen LogP contribution is 2.27. The van der Waals surface area contributed by atoms with Gasteiger partial charge < -0.3 is 19.5 Å². The molecule has 0 saturated carbocycles. The zero-order valence-corrected chi connectivity index (χ0v) is 18.3. The second-order valence-electron chi connectivity index (χ2n) is 8.05. The molecule has 0 aliphatic carbocycles. The summed E-state index contributed by atoms with van der Waals surface area (Å²) in [6.07, 6.45) is 2.92. The van der Waals surface area contributed by atoms with E-state index in [0.717, 1.165) is 9.99 Å². The molecule has 2 heterocycles. The normalized spacial score (nSPS) is 14.4. The molecule has 154 valence electrons. The van der Waals surface area contributed by atoms with E-state index in [9.17, 15) is 14.4 Å². The Morgan fingerprint density at radius 2 is 2.00 bits per heavy atom. The Kier molecular flexibility index (Phi) is 5.84. The van der Waals surface area contributed by atoms with Crippen LogP contribution in [0, 0.1) is 0 Å². The Hall–Kier alpha value is -2.61. The van der Waals surface area contributed by atoms with Crippen molar-refractivity contribution in [3.05, 3.63) is 47.1 Å². The maximum Gasteiger partial charge on any atom is 0.340 e. The molecule has 0 unspecified atom stereocenters. The largest absolute Gasteiger partial charge is 0.456 e. The molecule has 0 bridgehead atoms. The van der Waals surface area contributed by atoms with E-state index in [4.69, 9.17) is 4.74 Å². The number of carbonyl (C=O) groups excluding carboxylic acids is 3. The van der Waals surface area contributed by atoms with E-state index in [-0.39, 0.29) is 24.4 Å². The number of benzene rings is 1. The first-order valence-corrected chi connectivity index (χ1v) is 10.1. The van der Waals surface area contributed by atoms with E-state index in [1.165, 1.54) is 6.08 Å². The van der Waals surface area contributed by atoms with Gasteiger partial charge in [0.2, 0.25) is 11.8 Å². The molecule has 8 heteroatoms. The molecule has 0 spiro atoms. The van der Waals surface area contributed by atoms with Crippen molar-refractivity contribution in [2.45, 2.75) is 39.0 Å². The fourth-order valence-corrected chi connectivity index (χ4v) is 3.56. The standard InChI is InChI=1S/C21H24BrN3O4/c1-5-19(27)25-9-14(10-25)23-18(26)12-24-11-16(20(28)29-21(2,3)4)15-8-13(22)6-7-17(15)24/h5-8,11,14H,1,9-10,12H2,2-4H3,(H,23,26). The molecule has 1 aromatic carbocycles. The number of ether oxygens (including phenoxy) is 1. The van der Waals surface area contributed by atoms with Crippen molar-refractivity contribution in [2.24, 2.45) is 0 Å². The lowest BCUT2D eigenvalue weighted by Gasteiger charge is -2.38. The van der Waals surface area contributed by atoms with Crippen LogP contribution in [-0.4, -0.2) is 52.0 Å². The molecule has 3 rings (SSSR count). The average Bonchev–Trinajstić information content (AvgIpc) is 2.93. The van der Waals surface area contributed by atoms with Crippen LogP contribution >= 0.6 is 15.9 Å². The lowest BCUT2D eigenvalue weighted by molar-refractivity contribution is -0.133. The fraction of sp³-hybridized carbons (Fsp3) is 0.381. The number of hydrogen-bond donors (Lipinski definition) is 1. The molecule has 1 aliphatic rings. The van der Waals surface area contributed by atoms with E-state index in [1.807, 2.05) is 39.0 Å². The summed E-state index contributed by atoms with van der Waals surface area (Å²) in [7, 11) is 0. The summed E-state index contributed by atoms with van der Waals surface area (Å²) in [6.45, 7) is 9.90. The zero-order valence-electron chi connectivity index (χ0n) is 16.7. The number of nitrogens with one attached hydrogen (secondary N) is 1. The van der Waals surface area contributed by atoms with Crippen LogP contribution in [0.5, 0.6) is 0 Å². The number of halogens is 1. The average molecular weight is 462 g/mol. The third-order valence-electron chi connectivity index (χ3n) is 4.51. The number of nitrogens with zero attached hydrogens (tertiary/aromatic N) is 2. The summed E-state index contributed by atoms with van der Waals surface area (Å²) < 4.78 is 8.08. The third-order valence-corrected chi connectivity index (χ3v) is 5.00. The second-order valence-corrected chi connectivity index (χ2v) is 8.96. The molecule has 2 amide bonds. The second kappa shape index (κ2) is 8.02. The number of esters is 1. The van der Waals surface area contributed by atoms with Gasteiger partial charge in [-0.1, -0.05) is 22.5 Å². The summed E-state index contributed by atoms with van der Waals surface area (Å²) in [5, 5.41) is 3.63. The smallest absolute Gasteiger partial charge is 0.340 e. The van der Waals surface area contributed by atoms with Crippen molar-refractivity contribution < 1.29 is 19.1 Å². The first-order chi connectivity index (χ1) is 13.6. The number of carbonyl (C=O) groups is 3. The van der Waals surface area contributed by atoms with E-state index < -0.39 is 11.6 Å². The zero-order chi connectivity index (χ0) is 21.3. The van der Waals surface area contributed by atoms with Gasteiger partial charge in [-0.2, -0.15) is 0 Å². The Bertz CT molecular complexity index is 984. The molecule has 0 atom stereocenters. The van der Waals surface area contributed by atoms with Crippen molar-refractivity contribution in [1.29, 1.82) is 0 Å². The maximum atomic E-state index is 12.6. The molecule has 1 N–H and O–H groups in total. The Morgan fingerprint density at radius 3 is 2.62 bits per heavy atom. The molecule has 29 heavy (non-hydrogen) atoms. The summed E-state index contributed by atoms with van der Waals surface area (Å²) in [5.74, 6) is -0.756. The summed E-state index contributed by atoms with van der Waals surface area (Å²) in [4.78, 5) is 38.3. The molecular weight excluding hydrogens is 438 g/mol. The predicted octanol–water partition coefficient (Wildman–Crippen LogP) is 2.87. The van der Waals surface area contributed by atoms with E-state index >= 15 is 0 Å². The minimum Gasteiger partial charge on any atom is -0.456 e. The molecule has 1 aliphatic heterocycles. The van der Waals surface area contributed by atoms with Crippen molar-refractivity contribution in [2.75, 3.05) is 13.1 Å². The summed E-state index contributed by atoms with van der Waals surface area (Å²) >= 11 is 3.43. The quantitative estimate of drug-likeness (QED) is 0.548. The van der Waals surface area contributed by atoms with Gasteiger partial charge in [0.1, 0.15) is 12.1 Å². The van der Waals surface area contributed by atoms with Crippen LogP contribution in [0.3, 0.4) is 0 Å². The topological polar surface area (TPSA) is 80.6 Å². The van der Waals surface area contributed by atoms with Gasteiger partial charge in [0.25, 0.3) is 0 Å². The van der Waals surface area contributed by atoms with E-state index in [0.29, 0.717) is 24.0 Å². The molecule has 1 fully saturated rings. The molecule has 1 saturated heterocycles. The van der Waals surface area contributed by atoms with Crippen molar-refractivity contribution in [3.63, 3.8) is 0 Å². The van der Waals surface area contributed by atoms with Crippen molar-refractivity contribution >= 4 is 44.6 Å². The lowest BCUT2D eigenvalue weighted by atomic mass is 10.1. The van der Waals surface area contributed by atoms with Gasteiger partial charge in [-0.05, 0) is 45.0 Å². The van der Waals surface area contributed by atoms with Crippen LogP contribution in [0.2, 0.25) is 0 Å². The van der Waals surface area contributed by atoms with Crippen LogP contribution < -0.4 is 5.32 Å². The molecule has 0 radical (unpaired) electrons. The van der Waals surface area contributed by atoms with Gasteiger partial charge in [-0.25, -0.2) is 4.79 Å². The van der Waals surface area contributed by atoms with Gasteiger partial charge in [0.05, 0.1) is 11.6 Å². The Morgan fingerprint density at radius 1 is 1.31 bits per heavy atom. The first-order valence-electron chi connectivity index (χ1n) is 9.30. The van der Waals surface area contributed by atoms with Gasteiger partial charge >= 0.3 is 5.97 Å². The number of amides is 2. The fourth-order valence-electron chi connectivity index (χ4n) is 3.20. The highest BCUT2D eigenvalue weighted by molar-refractivity contribution is 9.10. The highest BCUT2D eigenvalue weighted by Gasteiger charge is 2.30. The SMILES string of the molecule is C=CC(=O)N1CC(NC(=O)Cn2cc(C(=O)OC(C)(C)C)c3cc(Br)ccc32)C1. The molecule has 2 aromatic rings. The first kappa shape index (κ1) is 21.1. The molecular formula is C21H24BrN3O4. The van der Waals surface area contributed by atoms with Crippen molar-refractivity contribution in [1.82, 2.24) is 14.8 Å². The summed E-state index contributed by atoms with van der Waals surface area (Å²) in [6, 6.07) is 5.48. The minimum atomic E-state index is -0.617. The van der Waals surface area contributed by atoms with Crippen LogP contribution in [-0.2, 0) is 20.9 Å². The Balaban J connectivity index is 1.76. The maximum absolute atomic E-state index is 12.6. The number of rotatable bonds is 5. The predicted molar refractivity (Wildman–Crippen MR) is 114 cm³/mol. The van der Waals surface area contributed by atoms with Crippen LogP contribution in [0.4, 0.5) is 0 Å². The van der Waals surface area contributed by atoms with Gasteiger partial charge in [0, 0.05) is 34.7 Å². The minimum absolute atomic E-state index is 0.0623.